The maximum atomic E-state index is 12.1. The maximum Gasteiger partial charge on any atom is 0.340 e. The topological polar surface area (TPSA) is 31.2 Å². The molecule has 0 spiro atoms. The number of rotatable bonds is 4. The van der Waals surface area contributed by atoms with Gasteiger partial charge < -0.3 is 9.30 Å². The third kappa shape index (κ3) is 2.45. The van der Waals surface area contributed by atoms with E-state index >= 15 is 0 Å². The second kappa shape index (κ2) is 6.16. The number of fused-ring (bicyclic) bond motifs is 1. The Hall–Kier alpha value is -1.04. The zero-order valence-corrected chi connectivity index (χ0v) is 14.5. The largest absolute Gasteiger partial charge is 0.465 e. The van der Waals surface area contributed by atoms with Gasteiger partial charge in [0.25, 0.3) is 0 Å². The molecule has 0 aliphatic rings. The third-order valence-corrected chi connectivity index (χ3v) is 4.58. The molecule has 0 saturated heterocycles. The highest BCUT2D eigenvalue weighted by atomic mass is 127. The van der Waals surface area contributed by atoms with Crippen molar-refractivity contribution in [1.82, 2.24) is 4.57 Å². The summed E-state index contributed by atoms with van der Waals surface area (Å²) in [5.41, 5.74) is 2.83. The SMILES string of the molecule is CCC(CC)n1c(C)c(C(=O)OC)c2cc(I)ccc21. The van der Waals surface area contributed by atoms with Gasteiger partial charge in [0.15, 0.2) is 0 Å². The highest BCUT2D eigenvalue weighted by Gasteiger charge is 2.23. The molecule has 1 heterocycles. The molecule has 1 aromatic heterocycles. The van der Waals surface area contributed by atoms with Crippen molar-refractivity contribution in [2.75, 3.05) is 7.11 Å². The molecule has 0 atom stereocenters. The van der Waals surface area contributed by atoms with Crippen molar-refractivity contribution in [1.29, 1.82) is 0 Å². The molecule has 0 aliphatic carbocycles. The predicted molar refractivity (Wildman–Crippen MR) is 90.4 cm³/mol. The van der Waals surface area contributed by atoms with E-state index < -0.39 is 0 Å². The van der Waals surface area contributed by atoms with Gasteiger partial charge in [0.1, 0.15) is 0 Å². The lowest BCUT2D eigenvalue weighted by molar-refractivity contribution is 0.0601. The highest BCUT2D eigenvalue weighted by molar-refractivity contribution is 14.1. The first kappa shape index (κ1) is 15.4. The van der Waals surface area contributed by atoms with Crippen LogP contribution in [0.5, 0.6) is 0 Å². The van der Waals surface area contributed by atoms with Gasteiger partial charge >= 0.3 is 5.97 Å². The summed E-state index contributed by atoms with van der Waals surface area (Å²) in [7, 11) is 1.44. The van der Waals surface area contributed by atoms with Crippen LogP contribution in [0.15, 0.2) is 18.2 Å². The Bertz CT molecular complexity index is 641. The van der Waals surface area contributed by atoms with Crippen molar-refractivity contribution in [2.45, 2.75) is 39.7 Å². The van der Waals surface area contributed by atoms with Crippen LogP contribution in [0, 0.1) is 10.5 Å². The number of halogens is 1. The smallest absolute Gasteiger partial charge is 0.340 e. The number of esters is 1. The number of carbonyl (C=O) groups is 1. The standard InChI is InChI=1S/C16H20INO2/c1-5-12(6-2)18-10(3)15(16(19)20-4)13-9-11(17)7-8-14(13)18/h7-9,12H,5-6H2,1-4H3. The van der Waals surface area contributed by atoms with Crippen molar-refractivity contribution in [3.05, 3.63) is 33.0 Å². The van der Waals surface area contributed by atoms with Gasteiger partial charge in [0, 0.05) is 26.2 Å². The number of aromatic nitrogens is 1. The molecule has 0 aliphatic heterocycles. The minimum absolute atomic E-state index is 0.251. The predicted octanol–water partition coefficient (Wildman–Crippen LogP) is 4.70. The number of nitrogens with zero attached hydrogens (tertiary/aromatic N) is 1. The van der Waals surface area contributed by atoms with E-state index in [1.807, 2.05) is 6.92 Å². The van der Waals surface area contributed by atoms with Gasteiger partial charge in [-0.15, -0.1) is 0 Å². The van der Waals surface area contributed by atoms with Gasteiger partial charge in [-0.2, -0.15) is 0 Å². The van der Waals surface area contributed by atoms with Crippen LogP contribution in [0.25, 0.3) is 10.9 Å². The summed E-state index contributed by atoms with van der Waals surface area (Å²) in [6.07, 6.45) is 2.10. The van der Waals surface area contributed by atoms with Crippen molar-refractivity contribution < 1.29 is 9.53 Å². The zero-order chi connectivity index (χ0) is 14.9. The monoisotopic (exact) mass is 385 g/mol. The first-order chi connectivity index (χ1) is 9.54. The summed E-state index contributed by atoms with van der Waals surface area (Å²) in [5, 5.41) is 0.994. The summed E-state index contributed by atoms with van der Waals surface area (Å²) in [5.74, 6) is -0.251. The Morgan fingerprint density at radius 2 is 2.00 bits per heavy atom. The van der Waals surface area contributed by atoms with Gasteiger partial charge in [-0.3, -0.25) is 0 Å². The lowest BCUT2D eigenvalue weighted by Crippen LogP contribution is -2.10. The molecule has 0 unspecified atom stereocenters. The van der Waals surface area contributed by atoms with Gasteiger partial charge in [0.2, 0.25) is 0 Å². The molecule has 0 N–H and O–H groups in total. The van der Waals surface area contributed by atoms with E-state index in [0.29, 0.717) is 11.6 Å². The fraction of sp³-hybridized carbons (Fsp3) is 0.438. The van der Waals surface area contributed by atoms with Crippen LogP contribution in [-0.2, 0) is 4.74 Å². The molecule has 1 aromatic carbocycles. The molecule has 2 aromatic rings. The molecule has 0 radical (unpaired) electrons. The van der Waals surface area contributed by atoms with E-state index in [1.54, 1.807) is 0 Å². The Kier molecular flexibility index (Phi) is 4.73. The quantitative estimate of drug-likeness (QED) is 0.564. The van der Waals surface area contributed by atoms with E-state index in [9.17, 15) is 4.79 Å². The summed E-state index contributed by atoms with van der Waals surface area (Å²) in [6.45, 7) is 6.38. The molecule has 0 saturated carbocycles. The molecule has 0 amide bonds. The number of ether oxygens (including phenoxy) is 1. The Labute approximate surface area is 133 Å². The van der Waals surface area contributed by atoms with Gasteiger partial charge in [0.05, 0.1) is 12.7 Å². The minimum atomic E-state index is -0.251. The van der Waals surface area contributed by atoms with Crippen LogP contribution < -0.4 is 0 Å². The third-order valence-electron chi connectivity index (χ3n) is 3.91. The number of benzene rings is 1. The van der Waals surface area contributed by atoms with Crippen LogP contribution in [0.1, 0.15) is 48.8 Å². The summed E-state index contributed by atoms with van der Waals surface area (Å²) >= 11 is 2.28. The second-order valence-electron chi connectivity index (χ2n) is 4.95. The molecule has 108 valence electrons. The van der Waals surface area contributed by atoms with Crippen LogP contribution >= 0.6 is 22.6 Å². The number of carbonyl (C=O) groups excluding carboxylic acids is 1. The zero-order valence-electron chi connectivity index (χ0n) is 12.4. The van der Waals surface area contributed by atoms with E-state index in [0.717, 1.165) is 33.0 Å². The lowest BCUT2D eigenvalue weighted by Gasteiger charge is -2.19. The Balaban J connectivity index is 2.82. The first-order valence-corrected chi connectivity index (χ1v) is 8.01. The Morgan fingerprint density at radius 1 is 1.35 bits per heavy atom. The number of methoxy groups -OCH3 is 1. The normalized spacial score (nSPS) is 11.3. The summed E-state index contributed by atoms with van der Waals surface area (Å²) in [6, 6.07) is 6.67. The fourth-order valence-corrected chi connectivity index (χ4v) is 3.39. The van der Waals surface area contributed by atoms with Crippen molar-refractivity contribution >= 4 is 39.5 Å². The van der Waals surface area contributed by atoms with E-state index in [-0.39, 0.29) is 5.97 Å². The molecular weight excluding hydrogens is 365 g/mol. The van der Waals surface area contributed by atoms with E-state index in [1.165, 1.54) is 7.11 Å². The number of hydrogen-bond acceptors (Lipinski definition) is 2. The van der Waals surface area contributed by atoms with E-state index in [2.05, 4.69) is 59.2 Å². The summed E-state index contributed by atoms with van der Waals surface area (Å²) < 4.78 is 8.39. The van der Waals surface area contributed by atoms with Gasteiger partial charge in [-0.05, 0) is 60.6 Å². The minimum Gasteiger partial charge on any atom is -0.465 e. The lowest BCUT2D eigenvalue weighted by atomic mass is 10.1. The molecular formula is C16H20INO2. The van der Waals surface area contributed by atoms with Crippen molar-refractivity contribution in [2.24, 2.45) is 0 Å². The first-order valence-electron chi connectivity index (χ1n) is 6.93. The Morgan fingerprint density at radius 3 is 2.55 bits per heavy atom. The summed E-state index contributed by atoms with van der Waals surface area (Å²) in [4.78, 5) is 12.1. The van der Waals surface area contributed by atoms with E-state index in [4.69, 9.17) is 4.74 Å². The molecule has 0 bridgehead atoms. The van der Waals surface area contributed by atoms with Gasteiger partial charge in [-0.1, -0.05) is 13.8 Å². The number of hydrogen-bond donors (Lipinski definition) is 0. The molecule has 3 nitrogen and oxygen atoms in total. The average molecular weight is 385 g/mol. The highest BCUT2D eigenvalue weighted by Crippen LogP contribution is 2.33. The van der Waals surface area contributed by atoms with Crippen molar-refractivity contribution in [3.63, 3.8) is 0 Å². The fourth-order valence-electron chi connectivity index (χ4n) is 2.90. The molecule has 0 fully saturated rings. The van der Waals surface area contributed by atoms with Crippen molar-refractivity contribution in [3.8, 4) is 0 Å². The van der Waals surface area contributed by atoms with Crippen LogP contribution in [-0.4, -0.2) is 17.6 Å². The molecule has 20 heavy (non-hydrogen) atoms. The maximum absolute atomic E-state index is 12.1. The second-order valence-corrected chi connectivity index (χ2v) is 6.20. The van der Waals surface area contributed by atoms with Crippen LogP contribution in [0.3, 0.4) is 0 Å². The van der Waals surface area contributed by atoms with Gasteiger partial charge in [-0.25, -0.2) is 4.79 Å². The molecule has 2 rings (SSSR count). The average Bonchev–Trinajstić information content (AvgIpc) is 2.72. The van der Waals surface area contributed by atoms with Crippen LogP contribution in [0.2, 0.25) is 0 Å². The van der Waals surface area contributed by atoms with Crippen LogP contribution in [0.4, 0.5) is 0 Å². The molecule has 4 heteroatoms.